The number of nitrogens with zero attached hydrogens (tertiary/aromatic N) is 2. The molecule has 0 atom stereocenters. The SMILES string of the molecule is COCc1cc(C)nc(C)n1. The number of methoxy groups -OCH3 is 1. The van der Waals surface area contributed by atoms with Crippen molar-refractivity contribution in [3.05, 3.63) is 23.3 Å². The Hall–Kier alpha value is -0.960. The lowest BCUT2D eigenvalue weighted by molar-refractivity contribution is 0.181. The Morgan fingerprint density at radius 3 is 2.64 bits per heavy atom. The molecule has 0 unspecified atom stereocenters. The van der Waals surface area contributed by atoms with Crippen LogP contribution in [0.5, 0.6) is 0 Å². The average molecular weight is 152 g/mol. The first-order valence-electron chi connectivity index (χ1n) is 3.52. The molecule has 0 aliphatic heterocycles. The zero-order valence-electron chi connectivity index (χ0n) is 7.09. The smallest absolute Gasteiger partial charge is 0.125 e. The molecular weight excluding hydrogens is 140 g/mol. The highest BCUT2D eigenvalue weighted by molar-refractivity contribution is 5.08. The Balaban J connectivity index is 2.89. The number of hydrogen-bond acceptors (Lipinski definition) is 3. The van der Waals surface area contributed by atoms with Gasteiger partial charge in [0, 0.05) is 12.8 Å². The van der Waals surface area contributed by atoms with Crippen LogP contribution in [0.3, 0.4) is 0 Å². The van der Waals surface area contributed by atoms with Crippen LogP contribution in [0.4, 0.5) is 0 Å². The second-order valence-corrected chi connectivity index (χ2v) is 2.48. The summed E-state index contributed by atoms with van der Waals surface area (Å²) in [6.07, 6.45) is 0. The molecular formula is C8H12N2O. The lowest BCUT2D eigenvalue weighted by Crippen LogP contribution is -1.98. The van der Waals surface area contributed by atoms with Crippen molar-refractivity contribution in [2.75, 3.05) is 7.11 Å². The lowest BCUT2D eigenvalue weighted by Gasteiger charge is -2.00. The fourth-order valence-electron chi connectivity index (χ4n) is 1.02. The predicted octanol–water partition coefficient (Wildman–Crippen LogP) is 1.24. The van der Waals surface area contributed by atoms with E-state index in [1.807, 2.05) is 19.9 Å². The lowest BCUT2D eigenvalue weighted by atomic mass is 10.3. The topological polar surface area (TPSA) is 35.0 Å². The van der Waals surface area contributed by atoms with Crippen LogP contribution in [0.25, 0.3) is 0 Å². The summed E-state index contributed by atoms with van der Waals surface area (Å²) in [7, 11) is 1.66. The van der Waals surface area contributed by atoms with E-state index in [-0.39, 0.29) is 0 Å². The number of aromatic nitrogens is 2. The molecule has 0 spiro atoms. The van der Waals surface area contributed by atoms with Crippen molar-refractivity contribution in [3.63, 3.8) is 0 Å². The Labute approximate surface area is 66.4 Å². The van der Waals surface area contributed by atoms with Gasteiger partial charge in [0.15, 0.2) is 0 Å². The number of aryl methyl sites for hydroxylation is 2. The summed E-state index contributed by atoms with van der Waals surface area (Å²) in [5.74, 6) is 0.803. The molecule has 0 N–H and O–H groups in total. The van der Waals surface area contributed by atoms with Gasteiger partial charge in [0.25, 0.3) is 0 Å². The van der Waals surface area contributed by atoms with Gasteiger partial charge in [0.05, 0.1) is 12.3 Å². The van der Waals surface area contributed by atoms with Crippen LogP contribution in [0.2, 0.25) is 0 Å². The minimum absolute atomic E-state index is 0.560. The molecule has 1 aromatic heterocycles. The predicted molar refractivity (Wildman–Crippen MR) is 42.2 cm³/mol. The van der Waals surface area contributed by atoms with Crippen LogP contribution in [0.15, 0.2) is 6.07 Å². The summed E-state index contributed by atoms with van der Waals surface area (Å²) in [6.45, 7) is 4.39. The molecule has 0 radical (unpaired) electrons. The molecule has 0 aromatic carbocycles. The maximum Gasteiger partial charge on any atom is 0.125 e. The van der Waals surface area contributed by atoms with Gasteiger partial charge in [0.2, 0.25) is 0 Å². The van der Waals surface area contributed by atoms with Crippen LogP contribution < -0.4 is 0 Å². The van der Waals surface area contributed by atoms with Crippen LogP contribution >= 0.6 is 0 Å². The summed E-state index contributed by atoms with van der Waals surface area (Å²) < 4.78 is 4.95. The van der Waals surface area contributed by atoms with Gasteiger partial charge in [-0.05, 0) is 19.9 Å². The quantitative estimate of drug-likeness (QED) is 0.639. The van der Waals surface area contributed by atoms with E-state index in [9.17, 15) is 0 Å². The Morgan fingerprint density at radius 2 is 2.09 bits per heavy atom. The zero-order chi connectivity index (χ0) is 8.27. The summed E-state index contributed by atoms with van der Waals surface area (Å²) >= 11 is 0. The van der Waals surface area contributed by atoms with Crippen molar-refractivity contribution in [1.29, 1.82) is 0 Å². The molecule has 0 bridgehead atoms. The van der Waals surface area contributed by atoms with Gasteiger partial charge in [-0.2, -0.15) is 0 Å². The number of rotatable bonds is 2. The summed E-state index contributed by atoms with van der Waals surface area (Å²) in [5.41, 5.74) is 1.93. The van der Waals surface area contributed by atoms with Crippen molar-refractivity contribution in [1.82, 2.24) is 9.97 Å². The monoisotopic (exact) mass is 152 g/mol. The molecule has 3 nitrogen and oxygen atoms in total. The molecule has 3 heteroatoms. The van der Waals surface area contributed by atoms with E-state index in [4.69, 9.17) is 4.74 Å². The molecule has 0 fully saturated rings. The third kappa shape index (κ3) is 2.27. The molecule has 60 valence electrons. The van der Waals surface area contributed by atoms with Gasteiger partial charge in [-0.1, -0.05) is 0 Å². The molecule has 0 aliphatic rings. The number of hydrogen-bond donors (Lipinski definition) is 0. The molecule has 11 heavy (non-hydrogen) atoms. The van der Waals surface area contributed by atoms with Crippen molar-refractivity contribution < 1.29 is 4.74 Å². The maximum atomic E-state index is 4.95. The second-order valence-electron chi connectivity index (χ2n) is 2.48. The van der Waals surface area contributed by atoms with Crippen LogP contribution in [0, 0.1) is 13.8 Å². The van der Waals surface area contributed by atoms with Crippen LogP contribution in [0.1, 0.15) is 17.2 Å². The van der Waals surface area contributed by atoms with Gasteiger partial charge >= 0.3 is 0 Å². The standard InChI is InChI=1S/C8H12N2O/c1-6-4-8(5-11-3)10-7(2)9-6/h4H,5H2,1-3H3. The Kier molecular flexibility index (Phi) is 2.54. The molecule has 0 amide bonds. The van der Waals surface area contributed by atoms with Gasteiger partial charge in [-0.15, -0.1) is 0 Å². The molecule has 0 saturated carbocycles. The van der Waals surface area contributed by atoms with Crippen molar-refractivity contribution >= 4 is 0 Å². The third-order valence-electron chi connectivity index (χ3n) is 1.31. The highest BCUT2D eigenvalue weighted by Crippen LogP contribution is 2.00. The van der Waals surface area contributed by atoms with Gasteiger partial charge in [0.1, 0.15) is 5.82 Å². The van der Waals surface area contributed by atoms with Crippen molar-refractivity contribution in [2.45, 2.75) is 20.5 Å². The molecule has 0 saturated heterocycles. The number of ether oxygens (including phenoxy) is 1. The normalized spacial score (nSPS) is 10.1. The first kappa shape index (κ1) is 8.14. The fourth-order valence-corrected chi connectivity index (χ4v) is 1.02. The zero-order valence-corrected chi connectivity index (χ0v) is 7.09. The van der Waals surface area contributed by atoms with E-state index < -0.39 is 0 Å². The first-order valence-corrected chi connectivity index (χ1v) is 3.52. The molecule has 0 aliphatic carbocycles. The minimum atomic E-state index is 0.560. The van der Waals surface area contributed by atoms with E-state index in [0.29, 0.717) is 6.61 Å². The van der Waals surface area contributed by atoms with E-state index in [0.717, 1.165) is 17.2 Å². The van der Waals surface area contributed by atoms with Gasteiger partial charge in [-0.3, -0.25) is 0 Å². The van der Waals surface area contributed by atoms with E-state index in [2.05, 4.69) is 9.97 Å². The largest absolute Gasteiger partial charge is 0.378 e. The molecule has 1 aromatic rings. The van der Waals surface area contributed by atoms with Gasteiger partial charge in [-0.25, -0.2) is 9.97 Å². The Morgan fingerprint density at radius 1 is 1.36 bits per heavy atom. The minimum Gasteiger partial charge on any atom is -0.378 e. The molecule has 1 heterocycles. The highest BCUT2D eigenvalue weighted by Gasteiger charge is 1.96. The average Bonchev–Trinajstić information content (AvgIpc) is 1.85. The summed E-state index contributed by atoms with van der Waals surface area (Å²) in [4.78, 5) is 8.34. The molecule has 1 rings (SSSR count). The second kappa shape index (κ2) is 3.44. The highest BCUT2D eigenvalue weighted by atomic mass is 16.5. The fraction of sp³-hybridized carbons (Fsp3) is 0.500. The first-order chi connectivity index (χ1) is 5.22. The Bertz CT molecular complexity index is 228. The van der Waals surface area contributed by atoms with E-state index in [1.54, 1.807) is 7.11 Å². The summed E-state index contributed by atoms with van der Waals surface area (Å²) in [6, 6.07) is 1.93. The van der Waals surface area contributed by atoms with Crippen molar-refractivity contribution in [2.24, 2.45) is 0 Å². The van der Waals surface area contributed by atoms with Gasteiger partial charge < -0.3 is 4.74 Å². The van der Waals surface area contributed by atoms with E-state index in [1.165, 1.54) is 0 Å². The maximum absolute atomic E-state index is 4.95. The third-order valence-corrected chi connectivity index (χ3v) is 1.31. The van der Waals surface area contributed by atoms with Crippen LogP contribution in [-0.4, -0.2) is 17.1 Å². The van der Waals surface area contributed by atoms with Crippen molar-refractivity contribution in [3.8, 4) is 0 Å². The van der Waals surface area contributed by atoms with Crippen LogP contribution in [-0.2, 0) is 11.3 Å². The summed E-state index contributed by atoms with van der Waals surface area (Å²) in [5, 5.41) is 0. The van der Waals surface area contributed by atoms with E-state index >= 15 is 0 Å².